The highest BCUT2D eigenvalue weighted by Gasteiger charge is 2.44. The maximum absolute atomic E-state index is 11.5. The van der Waals surface area contributed by atoms with Crippen LogP contribution in [0.1, 0.15) is 26.2 Å². The zero-order chi connectivity index (χ0) is 9.73. The first-order valence-electron chi connectivity index (χ1n) is 4.78. The van der Waals surface area contributed by atoms with Crippen molar-refractivity contribution in [1.29, 1.82) is 0 Å². The van der Waals surface area contributed by atoms with E-state index < -0.39 is 5.54 Å². The van der Waals surface area contributed by atoms with E-state index in [1.54, 1.807) is 6.92 Å². The van der Waals surface area contributed by atoms with Gasteiger partial charge in [-0.05, 0) is 26.2 Å². The first kappa shape index (κ1) is 10.5. The number of β-amino-alcohol motifs (C(OH)–C–C–N with tert-alkyl or cyclic N) is 1. The van der Waals surface area contributed by atoms with Crippen molar-refractivity contribution in [3.05, 3.63) is 0 Å². The molecule has 1 aliphatic rings. The molecular formula is C9H17NO3. The molecule has 4 nitrogen and oxygen atoms in total. The fourth-order valence-corrected chi connectivity index (χ4v) is 1.55. The van der Waals surface area contributed by atoms with Crippen molar-refractivity contribution in [1.82, 2.24) is 5.32 Å². The molecule has 4 heteroatoms. The van der Waals surface area contributed by atoms with Crippen LogP contribution in [-0.4, -0.2) is 36.4 Å². The lowest BCUT2D eigenvalue weighted by atomic mass is 9.76. The molecule has 0 aromatic rings. The van der Waals surface area contributed by atoms with E-state index in [9.17, 15) is 4.79 Å². The molecule has 0 saturated heterocycles. The summed E-state index contributed by atoms with van der Waals surface area (Å²) in [6.45, 7) is 2.73. The Labute approximate surface area is 78.3 Å². The average Bonchev–Trinajstić information content (AvgIpc) is 2.03. The van der Waals surface area contributed by atoms with Crippen molar-refractivity contribution in [2.24, 2.45) is 0 Å². The Hall–Kier alpha value is -0.610. The molecule has 0 spiro atoms. The van der Waals surface area contributed by atoms with Crippen molar-refractivity contribution in [3.63, 3.8) is 0 Å². The van der Waals surface area contributed by atoms with Crippen molar-refractivity contribution in [2.45, 2.75) is 31.7 Å². The monoisotopic (exact) mass is 187 g/mol. The van der Waals surface area contributed by atoms with Gasteiger partial charge in [-0.3, -0.25) is 10.1 Å². The van der Waals surface area contributed by atoms with Crippen molar-refractivity contribution in [2.75, 3.05) is 19.8 Å². The molecule has 2 N–H and O–H groups in total. The second-order valence-electron chi connectivity index (χ2n) is 3.31. The number of esters is 1. The van der Waals surface area contributed by atoms with E-state index in [1.165, 1.54) is 0 Å². The normalized spacial score (nSPS) is 19.2. The average molecular weight is 187 g/mol. The van der Waals surface area contributed by atoms with Crippen LogP contribution in [0.5, 0.6) is 0 Å². The van der Waals surface area contributed by atoms with Gasteiger partial charge in [-0.25, -0.2) is 0 Å². The lowest BCUT2D eigenvalue weighted by Gasteiger charge is -2.39. The molecule has 13 heavy (non-hydrogen) atoms. The molecule has 1 saturated carbocycles. The number of hydrogen-bond acceptors (Lipinski definition) is 4. The molecule has 76 valence electrons. The molecule has 0 aromatic heterocycles. The molecular weight excluding hydrogens is 170 g/mol. The summed E-state index contributed by atoms with van der Waals surface area (Å²) >= 11 is 0. The molecule has 1 fully saturated rings. The number of rotatable bonds is 5. The van der Waals surface area contributed by atoms with Crippen molar-refractivity contribution >= 4 is 5.97 Å². The summed E-state index contributed by atoms with van der Waals surface area (Å²) in [5.74, 6) is -0.172. The van der Waals surface area contributed by atoms with Crippen molar-refractivity contribution < 1.29 is 14.6 Å². The zero-order valence-electron chi connectivity index (χ0n) is 8.01. The second-order valence-corrected chi connectivity index (χ2v) is 3.31. The number of ether oxygens (including phenoxy) is 1. The summed E-state index contributed by atoms with van der Waals surface area (Å²) in [4.78, 5) is 11.5. The van der Waals surface area contributed by atoms with Gasteiger partial charge in [0.1, 0.15) is 5.54 Å². The summed E-state index contributed by atoms with van der Waals surface area (Å²) in [6, 6.07) is 0. The van der Waals surface area contributed by atoms with Gasteiger partial charge in [0.05, 0.1) is 13.2 Å². The van der Waals surface area contributed by atoms with Gasteiger partial charge in [-0.1, -0.05) is 0 Å². The Morgan fingerprint density at radius 1 is 1.62 bits per heavy atom. The molecule has 0 unspecified atom stereocenters. The molecule has 1 rings (SSSR count). The summed E-state index contributed by atoms with van der Waals surface area (Å²) in [5, 5.41) is 11.7. The Morgan fingerprint density at radius 3 is 2.69 bits per heavy atom. The fourth-order valence-electron chi connectivity index (χ4n) is 1.55. The number of carbonyl (C=O) groups is 1. The Kier molecular flexibility index (Phi) is 3.69. The molecule has 0 aliphatic heterocycles. The number of aliphatic hydroxyl groups is 1. The van der Waals surface area contributed by atoms with Crippen molar-refractivity contribution in [3.8, 4) is 0 Å². The number of aliphatic hydroxyl groups excluding tert-OH is 1. The van der Waals surface area contributed by atoms with E-state index in [0.29, 0.717) is 13.2 Å². The zero-order valence-corrected chi connectivity index (χ0v) is 8.01. The van der Waals surface area contributed by atoms with Crippen LogP contribution in [0, 0.1) is 0 Å². The smallest absolute Gasteiger partial charge is 0.326 e. The molecule has 0 aromatic carbocycles. The van der Waals surface area contributed by atoms with Crippen LogP contribution in [0.4, 0.5) is 0 Å². The van der Waals surface area contributed by atoms with E-state index >= 15 is 0 Å². The number of hydrogen-bond donors (Lipinski definition) is 2. The van der Waals surface area contributed by atoms with Crippen LogP contribution < -0.4 is 5.32 Å². The highest BCUT2D eigenvalue weighted by Crippen LogP contribution is 2.32. The van der Waals surface area contributed by atoms with E-state index in [2.05, 4.69) is 5.32 Å². The van der Waals surface area contributed by atoms with Gasteiger partial charge in [-0.2, -0.15) is 0 Å². The van der Waals surface area contributed by atoms with E-state index in [1.807, 2.05) is 0 Å². The minimum absolute atomic E-state index is 0.0567. The van der Waals surface area contributed by atoms with Gasteiger partial charge in [-0.15, -0.1) is 0 Å². The lowest BCUT2D eigenvalue weighted by molar-refractivity contribution is -0.155. The first-order chi connectivity index (χ1) is 6.25. The van der Waals surface area contributed by atoms with Crippen LogP contribution in [-0.2, 0) is 9.53 Å². The Bertz CT molecular complexity index is 178. The van der Waals surface area contributed by atoms with Gasteiger partial charge in [0.25, 0.3) is 0 Å². The van der Waals surface area contributed by atoms with Gasteiger partial charge in [0.2, 0.25) is 0 Å². The Balaban J connectivity index is 2.43. The van der Waals surface area contributed by atoms with Gasteiger partial charge >= 0.3 is 5.97 Å². The molecule has 0 heterocycles. The maximum atomic E-state index is 11.5. The summed E-state index contributed by atoms with van der Waals surface area (Å²) in [7, 11) is 0. The minimum Gasteiger partial charge on any atom is -0.465 e. The summed E-state index contributed by atoms with van der Waals surface area (Å²) in [6.07, 6.45) is 2.70. The van der Waals surface area contributed by atoms with Crippen LogP contribution in [0.25, 0.3) is 0 Å². The third-order valence-corrected chi connectivity index (χ3v) is 2.45. The molecule has 0 radical (unpaired) electrons. The minimum atomic E-state index is -0.487. The molecule has 0 atom stereocenters. The molecule has 0 amide bonds. The third-order valence-electron chi connectivity index (χ3n) is 2.45. The van der Waals surface area contributed by atoms with Crippen LogP contribution in [0.3, 0.4) is 0 Å². The van der Waals surface area contributed by atoms with Gasteiger partial charge in [0.15, 0.2) is 0 Å². The number of carbonyl (C=O) groups excluding carboxylic acids is 1. The molecule has 0 bridgehead atoms. The van der Waals surface area contributed by atoms with Gasteiger partial charge in [0, 0.05) is 6.54 Å². The third kappa shape index (κ3) is 2.19. The summed E-state index contributed by atoms with van der Waals surface area (Å²) in [5.41, 5.74) is -0.487. The number of nitrogens with one attached hydrogen (secondary N) is 1. The molecule has 1 aliphatic carbocycles. The highest BCUT2D eigenvalue weighted by molar-refractivity contribution is 5.82. The predicted octanol–water partition coefficient (Wildman–Crippen LogP) is 0.0541. The van der Waals surface area contributed by atoms with E-state index in [4.69, 9.17) is 9.84 Å². The van der Waals surface area contributed by atoms with E-state index in [0.717, 1.165) is 19.3 Å². The maximum Gasteiger partial charge on any atom is 0.326 e. The topological polar surface area (TPSA) is 58.6 Å². The first-order valence-corrected chi connectivity index (χ1v) is 4.78. The summed E-state index contributed by atoms with van der Waals surface area (Å²) < 4.78 is 4.96. The Morgan fingerprint density at radius 2 is 2.31 bits per heavy atom. The quantitative estimate of drug-likeness (QED) is 0.597. The van der Waals surface area contributed by atoms with Crippen LogP contribution in [0.2, 0.25) is 0 Å². The van der Waals surface area contributed by atoms with Crippen LogP contribution >= 0.6 is 0 Å². The van der Waals surface area contributed by atoms with Gasteiger partial charge < -0.3 is 9.84 Å². The van der Waals surface area contributed by atoms with Crippen LogP contribution in [0.15, 0.2) is 0 Å². The lowest BCUT2D eigenvalue weighted by Crippen LogP contribution is -2.58. The highest BCUT2D eigenvalue weighted by atomic mass is 16.5. The standard InChI is InChI=1S/C9H17NO3/c1-2-13-8(12)9(4-3-5-9)10-6-7-11/h10-11H,2-7H2,1H3. The SMILES string of the molecule is CCOC(=O)C1(NCCO)CCC1. The predicted molar refractivity (Wildman–Crippen MR) is 48.3 cm³/mol. The van der Waals surface area contributed by atoms with E-state index in [-0.39, 0.29) is 12.6 Å². The fraction of sp³-hybridized carbons (Fsp3) is 0.889. The second kappa shape index (κ2) is 4.58. The largest absolute Gasteiger partial charge is 0.465 e.